The van der Waals surface area contributed by atoms with Crippen LogP contribution in [-0.4, -0.2) is 46.5 Å². The van der Waals surface area contributed by atoms with Gasteiger partial charge in [0.15, 0.2) is 11.5 Å². The van der Waals surface area contributed by atoms with Crippen molar-refractivity contribution in [3.05, 3.63) is 58.6 Å². The Morgan fingerprint density at radius 3 is 2.63 bits per heavy atom. The number of halogens is 1. The third kappa shape index (κ3) is 6.11. The van der Waals surface area contributed by atoms with Gasteiger partial charge in [-0.25, -0.2) is 0 Å². The summed E-state index contributed by atoms with van der Waals surface area (Å²) in [6, 6.07) is 13.8. The number of para-hydroxylation sites is 1. The molecule has 0 saturated carbocycles. The van der Waals surface area contributed by atoms with Crippen molar-refractivity contribution in [2.75, 3.05) is 46.5 Å². The molecule has 2 aromatic rings. The van der Waals surface area contributed by atoms with Crippen molar-refractivity contribution >= 4 is 11.6 Å². The second-order valence-electron chi connectivity index (χ2n) is 6.76. The zero-order chi connectivity index (χ0) is 18.9. The van der Waals surface area contributed by atoms with E-state index in [1.165, 1.54) is 0 Å². The van der Waals surface area contributed by atoms with Crippen molar-refractivity contribution in [2.24, 2.45) is 0 Å². The van der Waals surface area contributed by atoms with Crippen LogP contribution < -0.4 is 19.7 Å². The van der Waals surface area contributed by atoms with Gasteiger partial charge >= 0.3 is 0 Å². The van der Waals surface area contributed by atoms with E-state index in [0.717, 1.165) is 73.6 Å². The normalized spacial score (nSPS) is 14.9. The monoisotopic (exact) mass is 392 g/mol. The fourth-order valence-electron chi connectivity index (χ4n) is 3.26. The Bertz CT molecular complexity index is 703. The summed E-state index contributed by atoms with van der Waals surface area (Å²) in [7, 11) is 1.68. The first-order valence-corrected chi connectivity index (χ1v) is 9.90. The number of morpholine rings is 1. The van der Waals surface area contributed by atoms with Gasteiger partial charge in [0.25, 0.3) is 0 Å². The fourth-order valence-corrected chi connectivity index (χ4v) is 3.38. The van der Waals surface area contributed by atoms with Gasteiger partial charge in [0, 0.05) is 5.02 Å². The van der Waals surface area contributed by atoms with Crippen LogP contribution in [0.15, 0.2) is 42.5 Å². The van der Waals surface area contributed by atoms with Crippen LogP contribution in [0.1, 0.15) is 11.1 Å². The summed E-state index contributed by atoms with van der Waals surface area (Å²) < 4.78 is 17.1. The van der Waals surface area contributed by atoms with E-state index in [1.54, 1.807) is 12.0 Å². The molecule has 3 N–H and O–H groups in total. The average Bonchev–Trinajstić information content (AvgIpc) is 2.72. The standard InChI is InChI=1S/C21H27ClN2O3/c1-25-20-4-2-3-18(15-23-9-10-24-11-13-26-14-12-24)21(20)27-16-17-5-7-19(22)8-6-17/h2-8,23H,9-16H2,1H3/p+2. The molecule has 1 fully saturated rings. The van der Waals surface area contributed by atoms with Gasteiger partial charge in [0.2, 0.25) is 0 Å². The summed E-state index contributed by atoms with van der Waals surface area (Å²) in [6.07, 6.45) is 0. The lowest BCUT2D eigenvalue weighted by Gasteiger charge is -2.23. The highest BCUT2D eigenvalue weighted by Gasteiger charge is 2.15. The van der Waals surface area contributed by atoms with Gasteiger partial charge in [0.1, 0.15) is 39.3 Å². The molecule has 0 aliphatic carbocycles. The number of nitrogens with two attached hydrogens (primary N) is 1. The van der Waals surface area contributed by atoms with E-state index < -0.39 is 0 Å². The molecule has 0 amide bonds. The Morgan fingerprint density at radius 1 is 1.11 bits per heavy atom. The minimum absolute atomic E-state index is 0.489. The van der Waals surface area contributed by atoms with Crippen LogP contribution >= 0.6 is 11.6 Å². The molecular formula is C21H29ClN2O3+2. The van der Waals surface area contributed by atoms with E-state index in [1.807, 2.05) is 36.4 Å². The molecule has 0 unspecified atom stereocenters. The molecule has 0 atom stereocenters. The van der Waals surface area contributed by atoms with E-state index in [0.29, 0.717) is 6.61 Å². The Kier molecular flexibility index (Phi) is 7.78. The fraction of sp³-hybridized carbons (Fsp3) is 0.429. The summed E-state index contributed by atoms with van der Waals surface area (Å²) >= 11 is 5.96. The summed E-state index contributed by atoms with van der Waals surface area (Å²) in [5, 5.41) is 3.07. The number of nitrogens with one attached hydrogen (secondary N) is 1. The van der Waals surface area contributed by atoms with Crippen molar-refractivity contribution in [1.82, 2.24) is 0 Å². The van der Waals surface area contributed by atoms with Gasteiger partial charge in [-0.3, -0.25) is 0 Å². The molecule has 0 bridgehead atoms. The molecule has 27 heavy (non-hydrogen) atoms. The zero-order valence-electron chi connectivity index (χ0n) is 15.9. The number of methoxy groups -OCH3 is 1. The molecule has 5 nitrogen and oxygen atoms in total. The average molecular weight is 393 g/mol. The predicted molar refractivity (Wildman–Crippen MR) is 106 cm³/mol. The maximum absolute atomic E-state index is 6.12. The topological polar surface area (TPSA) is 48.7 Å². The molecule has 6 heteroatoms. The van der Waals surface area contributed by atoms with E-state index >= 15 is 0 Å². The molecule has 3 rings (SSSR count). The highest BCUT2D eigenvalue weighted by molar-refractivity contribution is 6.30. The molecule has 0 spiro atoms. The number of rotatable bonds is 9. The lowest BCUT2D eigenvalue weighted by atomic mass is 10.1. The molecule has 1 aliphatic heterocycles. The zero-order valence-corrected chi connectivity index (χ0v) is 16.6. The van der Waals surface area contributed by atoms with Crippen LogP contribution in [-0.2, 0) is 17.9 Å². The van der Waals surface area contributed by atoms with E-state index in [2.05, 4.69) is 11.4 Å². The van der Waals surface area contributed by atoms with E-state index in [4.69, 9.17) is 25.8 Å². The van der Waals surface area contributed by atoms with Crippen molar-refractivity contribution in [3.63, 3.8) is 0 Å². The molecule has 1 heterocycles. The van der Waals surface area contributed by atoms with Gasteiger partial charge in [-0.05, 0) is 29.8 Å². The minimum atomic E-state index is 0.489. The second-order valence-corrected chi connectivity index (χ2v) is 7.19. The van der Waals surface area contributed by atoms with Crippen LogP contribution in [0.25, 0.3) is 0 Å². The number of hydrogen-bond acceptors (Lipinski definition) is 3. The van der Waals surface area contributed by atoms with Crippen LogP contribution in [0.5, 0.6) is 11.5 Å². The van der Waals surface area contributed by atoms with Crippen molar-refractivity contribution in [1.29, 1.82) is 0 Å². The van der Waals surface area contributed by atoms with Gasteiger partial charge in [-0.1, -0.05) is 29.8 Å². The van der Waals surface area contributed by atoms with Crippen LogP contribution in [0.2, 0.25) is 5.02 Å². The molecule has 1 aliphatic rings. The second kappa shape index (κ2) is 10.5. The van der Waals surface area contributed by atoms with Crippen LogP contribution in [0.3, 0.4) is 0 Å². The van der Waals surface area contributed by atoms with Crippen LogP contribution in [0.4, 0.5) is 0 Å². The Morgan fingerprint density at radius 2 is 1.89 bits per heavy atom. The molecule has 0 aromatic heterocycles. The van der Waals surface area contributed by atoms with Crippen molar-refractivity contribution < 1.29 is 24.4 Å². The minimum Gasteiger partial charge on any atom is -0.493 e. The first kappa shape index (κ1) is 20.0. The Labute approximate surface area is 166 Å². The van der Waals surface area contributed by atoms with Crippen LogP contribution in [0, 0.1) is 0 Å². The summed E-state index contributed by atoms with van der Waals surface area (Å²) in [5.41, 5.74) is 2.23. The maximum Gasteiger partial charge on any atom is 0.170 e. The molecule has 0 radical (unpaired) electrons. The molecule has 2 aromatic carbocycles. The molecular weight excluding hydrogens is 364 g/mol. The number of benzene rings is 2. The summed E-state index contributed by atoms with van der Waals surface area (Å²) in [4.78, 5) is 1.63. The van der Waals surface area contributed by atoms with Gasteiger partial charge < -0.3 is 24.4 Å². The molecule has 1 saturated heterocycles. The third-order valence-electron chi connectivity index (χ3n) is 4.84. The number of quaternary nitrogens is 2. The lowest BCUT2D eigenvalue weighted by molar-refractivity contribution is -0.920. The first-order valence-electron chi connectivity index (χ1n) is 9.52. The van der Waals surface area contributed by atoms with Gasteiger partial charge in [-0.2, -0.15) is 0 Å². The largest absolute Gasteiger partial charge is 0.493 e. The van der Waals surface area contributed by atoms with E-state index in [9.17, 15) is 0 Å². The van der Waals surface area contributed by atoms with Crippen molar-refractivity contribution in [2.45, 2.75) is 13.2 Å². The Balaban J connectivity index is 1.56. The Hall–Kier alpha value is -1.79. The van der Waals surface area contributed by atoms with Gasteiger partial charge in [-0.15, -0.1) is 0 Å². The number of hydrogen-bond donors (Lipinski definition) is 2. The van der Waals surface area contributed by atoms with Crippen molar-refractivity contribution in [3.8, 4) is 11.5 Å². The third-order valence-corrected chi connectivity index (χ3v) is 5.09. The summed E-state index contributed by atoms with van der Waals surface area (Å²) in [6.45, 7) is 7.60. The highest BCUT2D eigenvalue weighted by atomic mass is 35.5. The molecule has 146 valence electrons. The smallest absolute Gasteiger partial charge is 0.170 e. The summed E-state index contributed by atoms with van der Waals surface area (Å²) in [5.74, 6) is 1.60. The maximum atomic E-state index is 6.12. The van der Waals surface area contributed by atoms with E-state index in [-0.39, 0.29) is 0 Å². The van der Waals surface area contributed by atoms with Gasteiger partial charge in [0.05, 0.1) is 25.9 Å². The number of ether oxygens (including phenoxy) is 3. The predicted octanol–water partition coefficient (Wildman–Crippen LogP) is 0.906. The highest BCUT2D eigenvalue weighted by Crippen LogP contribution is 2.31. The quantitative estimate of drug-likeness (QED) is 0.623. The SMILES string of the molecule is COc1cccc(C[NH2+]CC[NH+]2CCOCC2)c1OCc1ccc(Cl)cc1. The first-order chi connectivity index (χ1) is 13.3. The lowest BCUT2D eigenvalue weighted by Crippen LogP contribution is -3.16.